The number of benzene rings is 1. The van der Waals surface area contributed by atoms with Crippen molar-refractivity contribution in [2.45, 2.75) is 12.6 Å². The van der Waals surface area contributed by atoms with E-state index in [-0.39, 0.29) is 12.5 Å². The predicted octanol–water partition coefficient (Wildman–Crippen LogP) is 1.45. The first-order valence-electron chi connectivity index (χ1n) is 4.95. The lowest BCUT2D eigenvalue weighted by molar-refractivity contribution is 0.0783. The van der Waals surface area contributed by atoms with Gasteiger partial charge >= 0.3 is 0 Å². The number of amides is 1. The zero-order chi connectivity index (χ0) is 10.8. The van der Waals surface area contributed by atoms with E-state index in [9.17, 15) is 9.18 Å². The quantitative estimate of drug-likeness (QED) is 0.710. The number of alkyl halides is 1. The Labute approximate surface area is 87.7 Å². The van der Waals surface area contributed by atoms with Crippen LogP contribution >= 0.6 is 0 Å². The number of carbonyl (C=O) groups is 1. The highest BCUT2D eigenvalue weighted by Crippen LogP contribution is 2.16. The summed E-state index contributed by atoms with van der Waals surface area (Å²) in [5.74, 6) is -0.116. The molecule has 1 atom stereocenters. The van der Waals surface area contributed by atoms with Crippen LogP contribution in [0.25, 0.3) is 0 Å². The fourth-order valence-corrected chi connectivity index (χ4v) is 1.71. The molecule has 0 aliphatic carbocycles. The van der Waals surface area contributed by atoms with Gasteiger partial charge in [-0.3, -0.25) is 4.79 Å². The topological polar surface area (TPSA) is 46.3 Å². The van der Waals surface area contributed by atoms with E-state index >= 15 is 0 Å². The Bertz CT molecular complexity index is 363. The molecule has 1 fully saturated rings. The first-order chi connectivity index (χ1) is 7.16. The first-order valence-corrected chi connectivity index (χ1v) is 4.95. The highest BCUT2D eigenvalue weighted by Gasteiger charge is 2.26. The Kier molecular flexibility index (Phi) is 2.58. The number of nitrogens with two attached hydrogens (primary N) is 1. The molecule has 1 heterocycles. The Morgan fingerprint density at radius 1 is 1.40 bits per heavy atom. The van der Waals surface area contributed by atoms with Crippen molar-refractivity contribution < 1.29 is 9.18 Å². The van der Waals surface area contributed by atoms with Gasteiger partial charge in [-0.2, -0.15) is 0 Å². The highest BCUT2D eigenvalue weighted by atomic mass is 19.1. The summed E-state index contributed by atoms with van der Waals surface area (Å²) in [7, 11) is 0. The molecule has 0 aromatic heterocycles. The van der Waals surface area contributed by atoms with Crippen LogP contribution in [0.5, 0.6) is 0 Å². The Morgan fingerprint density at radius 2 is 2.07 bits per heavy atom. The highest BCUT2D eigenvalue weighted by molar-refractivity contribution is 5.94. The first kappa shape index (κ1) is 9.96. The number of anilines is 1. The molecule has 1 aliphatic rings. The van der Waals surface area contributed by atoms with E-state index in [1.807, 2.05) is 0 Å². The van der Waals surface area contributed by atoms with Crippen LogP contribution in [0, 0.1) is 0 Å². The zero-order valence-electron chi connectivity index (χ0n) is 8.32. The van der Waals surface area contributed by atoms with Crippen molar-refractivity contribution in [2.24, 2.45) is 0 Å². The van der Waals surface area contributed by atoms with E-state index in [2.05, 4.69) is 0 Å². The van der Waals surface area contributed by atoms with Crippen molar-refractivity contribution in [3.63, 3.8) is 0 Å². The number of rotatable bonds is 1. The maximum Gasteiger partial charge on any atom is 0.253 e. The standard InChI is InChI=1S/C11H13FN2O/c12-9-5-6-14(7-9)11(15)8-1-3-10(13)4-2-8/h1-4,9H,5-7,13H2/t9-/m1/s1. The predicted molar refractivity (Wildman–Crippen MR) is 56.3 cm³/mol. The fraction of sp³-hybridized carbons (Fsp3) is 0.364. The molecule has 1 aliphatic heterocycles. The monoisotopic (exact) mass is 208 g/mol. The summed E-state index contributed by atoms with van der Waals surface area (Å²) in [6.45, 7) is 0.716. The van der Waals surface area contributed by atoms with Crippen molar-refractivity contribution in [3.8, 4) is 0 Å². The lowest BCUT2D eigenvalue weighted by Gasteiger charge is -2.14. The maximum atomic E-state index is 12.9. The zero-order valence-corrected chi connectivity index (χ0v) is 8.32. The molecule has 3 nitrogen and oxygen atoms in total. The molecule has 15 heavy (non-hydrogen) atoms. The molecule has 80 valence electrons. The number of nitrogens with zero attached hydrogens (tertiary/aromatic N) is 1. The van der Waals surface area contributed by atoms with Gasteiger partial charge in [0.1, 0.15) is 6.17 Å². The summed E-state index contributed by atoms with van der Waals surface area (Å²) < 4.78 is 12.9. The van der Waals surface area contributed by atoms with E-state index in [4.69, 9.17) is 5.73 Å². The van der Waals surface area contributed by atoms with E-state index in [0.29, 0.717) is 24.2 Å². The van der Waals surface area contributed by atoms with Gasteiger partial charge in [-0.15, -0.1) is 0 Å². The number of halogens is 1. The van der Waals surface area contributed by atoms with Gasteiger partial charge in [-0.1, -0.05) is 0 Å². The smallest absolute Gasteiger partial charge is 0.253 e. The van der Waals surface area contributed by atoms with Crippen LogP contribution in [0.15, 0.2) is 24.3 Å². The van der Waals surface area contributed by atoms with Gasteiger partial charge in [0.15, 0.2) is 0 Å². The molecule has 4 heteroatoms. The van der Waals surface area contributed by atoms with Crippen molar-refractivity contribution in [1.29, 1.82) is 0 Å². The average Bonchev–Trinajstić information content (AvgIpc) is 2.65. The van der Waals surface area contributed by atoms with Crippen LogP contribution in [-0.4, -0.2) is 30.1 Å². The molecule has 1 aromatic rings. The lowest BCUT2D eigenvalue weighted by Crippen LogP contribution is -2.28. The third-order valence-electron chi connectivity index (χ3n) is 2.58. The second-order valence-corrected chi connectivity index (χ2v) is 3.76. The summed E-state index contributed by atoms with van der Waals surface area (Å²) in [5.41, 5.74) is 6.71. The molecule has 0 unspecified atom stereocenters. The largest absolute Gasteiger partial charge is 0.399 e. The normalized spacial score (nSPS) is 20.6. The summed E-state index contributed by atoms with van der Waals surface area (Å²) in [5, 5.41) is 0. The molecular weight excluding hydrogens is 195 g/mol. The number of likely N-dealkylation sites (tertiary alicyclic amines) is 1. The average molecular weight is 208 g/mol. The third-order valence-corrected chi connectivity index (χ3v) is 2.58. The maximum absolute atomic E-state index is 12.9. The molecule has 1 aromatic carbocycles. The van der Waals surface area contributed by atoms with Gasteiger partial charge in [-0.25, -0.2) is 4.39 Å². The number of hydrogen-bond donors (Lipinski definition) is 1. The van der Waals surface area contributed by atoms with Gasteiger partial charge in [0.25, 0.3) is 5.91 Å². The van der Waals surface area contributed by atoms with Crippen LogP contribution in [0.2, 0.25) is 0 Å². The van der Waals surface area contributed by atoms with Crippen LogP contribution in [0.1, 0.15) is 16.8 Å². The van der Waals surface area contributed by atoms with E-state index in [1.165, 1.54) is 4.90 Å². The minimum atomic E-state index is -0.872. The SMILES string of the molecule is Nc1ccc(C(=O)N2CC[C@@H](F)C2)cc1. The molecule has 1 saturated heterocycles. The molecule has 0 radical (unpaired) electrons. The fourth-order valence-electron chi connectivity index (χ4n) is 1.71. The van der Waals surface area contributed by atoms with Gasteiger partial charge in [0.05, 0.1) is 6.54 Å². The van der Waals surface area contributed by atoms with Crippen LogP contribution in [0.3, 0.4) is 0 Å². The molecule has 0 saturated carbocycles. The molecular formula is C11H13FN2O. The molecule has 0 spiro atoms. The third kappa shape index (κ3) is 2.09. The van der Waals surface area contributed by atoms with Crippen molar-refractivity contribution in [2.75, 3.05) is 18.8 Å². The number of carbonyl (C=O) groups excluding carboxylic acids is 1. The van der Waals surface area contributed by atoms with Crippen molar-refractivity contribution in [1.82, 2.24) is 4.90 Å². The van der Waals surface area contributed by atoms with Gasteiger partial charge < -0.3 is 10.6 Å². The van der Waals surface area contributed by atoms with E-state index in [0.717, 1.165) is 0 Å². The van der Waals surface area contributed by atoms with Gasteiger partial charge in [0, 0.05) is 17.8 Å². The van der Waals surface area contributed by atoms with Crippen LogP contribution in [0.4, 0.5) is 10.1 Å². The van der Waals surface area contributed by atoms with Crippen LogP contribution < -0.4 is 5.73 Å². The minimum absolute atomic E-state index is 0.116. The molecule has 1 amide bonds. The Morgan fingerprint density at radius 3 is 2.60 bits per heavy atom. The summed E-state index contributed by atoms with van der Waals surface area (Å²) in [4.78, 5) is 13.4. The summed E-state index contributed by atoms with van der Waals surface area (Å²) in [6.07, 6.45) is -0.427. The second kappa shape index (κ2) is 3.88. The number of hydrogen-bond acceptors (Lipinski definition) is 2. The van der Waals surface area contributed by atoms with Crippen molar-refractivity contribution >= 4 is 11.6 Å². The van der Waals surface area contributed by atoms with Gasteiger partial charge in [0.2, 0.25) is 0 Å². The lowest BCUT2D eigenvalue weighted by atomic mass is 10.2. The second-order valence-electron chi connectivity index (χ2n) is 3.76. The summed E-state index contributed by atoms with van der Waals surface area (Å²) in [6, 6.07) is 6.69. The Hall–Kier alpha value is -1.58. The molecule has 0 bridgehead atoms. The van der Waals surface area contributed by atoms with Crippen molar-refractivity contribution in [3.05, 3.63) is 29.8 Å². The molecule has 2 N–H and O–H groups in total. The van der Waals surface area contributed by atoms with E-state index in [1.54, 1.807) is 24.3 Å². The molecule has 2 rings (SSSR count). The minimum Gasteiger partial charge on any atom is -0.399 e. The van der Waals surface area contributed by atoms with E-state index < -0.39 is 6.17 Å². The summed E-state index contributed by atoms with van der Waals surface area (Å²) >= 11 is 0. The van der Waals surface area contributed by atoms with Gasteiger partial charge in [-0.05, 0) is 30.7 Å². The Balaban J connectivity index is 2.11. The number of nitrogen functional groups attached to an aromatic ring is 1. The van der Waals surface area contributed by atoms with Crippen LogP contribution in [-0.2, 0) is 0 Å².